The van der Waals surface area contributed by atoms with E-state index in [2.05, 4.69) is 10.1 Å². The number of amides is 1. The Bertz CT molecular complexity index is 1410. The summed E-state index contributed by atoms with van der Waals surface area (Å²) in [5.74, 6) is 0.0555. The van der Waals surface area contributed by atoms with Crippen molar-refractivity contribution in [3.05, 3.63) is 54.1 Å². The van der Waals surface area contributed by atoms with Crippen molar-refractivity contribution in [2.45, 2.75) is 31.4 Å². The van der Waals surface area contributed by atoms with E-state index in [-0.39, 0.29) is 49.5 Å². The Hall–Kier alpha value is -3.90. The van der Waals surface area contributed by atoms with Gasteiger partial charge in [-0.25, -0.2) is 14.4 Å². The summed E-state index contributed by atoms with van der Waals surface area (Å²) in [5.41, 5.74) is 2.62. The Balaban J connectivity index is 1.59. The van der Waals surface area contributed by atoms with Gasteiger partial charge in [0.2, 0.25) is 5.91 Å². The van der Waals surface area contributed by atoms with Crippen LogP contribution in [-0.2, 0) is 21.3 Å². The van der Waals surface area contributed by atoms with E-state index in [0.717, 1.165) is 5.56 Å². The lowest BCUT2D eigenvalue weighted by molar-refractivity contribution is -0.129. The smallest absolute Gasteiger partial charge is 0.223 e. The van der Waals surface area contributed by atoms with Gasteiger partial charge in [0.1, 0.15) is 17.1 Å². The molecule has 1 aliphatic heterocycles. The Morgan fingerprint density at radius 1 is 1.24 bits per heavy atom. The van der Waals surface area contributed by atoms with Gasteiger partial charge in [-0.05, 0) is 24.6 Å². The van der Waals surface area contributed by atoms with Crippen molar-refractivity contribution in [2.75, 3.05) is 38.8 Å². The molecule has 38 heavy (non-hydrogen) atoms. The fourth-order valence-corrected chi connectivity index (χ4v) is 4.91. The van der Waals surface area contributed by atoms with Gasteiger partial charge < -0.3 is 24.4 Å². The molecule has 1 amide bonds. The molecule has 5 rings (SSSR count). The van der Waals surface area contributed by atoms with E-state index in [1.54, 1.807) is 52.2 Å². The Kier molecular flexibility index (Phi) is 7.34. The highest BCUT2D eigenvalue weighted by atomic mass is 19.1. The van der Waals surface area contributed by atoms with Gasteiger partial charge in [0.15, 0.2) is 11.5 Å². The molecule has 0 aromatic carbocycles. The first kappa shape index (κ1) is 25.7. The molecule has 0 spiro atoms. The Morgan fingerprint density at radius 3 is 2.79 bits per heavy atom. The van der Waals surface area contributed by atoms with Crippen molar-refractivity contribution in [2.24, 2.45) is 7.05 Å². The lowest BCUT2D eigenvalue weighted by Crippen LogP contribution is -2.44. The number of methoxy groups -OCH3 is 2. The summed E-state index contributed by atoms with van der Waals surface area (Å²) in [5, 5.41) is 13.7. The van der Waals surface area contributed by atoms with E-state index in [1.165, 1.54) is 7.11 Å². The summed E-state index contributed by atoms with van der Waals surface area (Å²) in [4.78, 5) is 29.8. The number of anilines is 1. The SMILES string of the molecule is COC1=C(F)C(N(CC2CCC(=O)N2CCO)c2ccc3ncc(-c4cnn(C)c4)nc3n2)=CC(OC)C1. The van der Waals surface area contributed by atoms with E-state index in [0.29, 0.717) is 35.5 Å². The number of carbonyl (C=O) groups excluding carboxylic acids is 1. The molecule has 2 aliphatic rings. The molecule has 0 saturated carbocycles. The van der Waals surface area contributed by atoms with Crippen LogP contribution in [0.25, 0.3) is 22.4 Å². The number of aryl methyl sites for hydroxylation is 1. The van der Waals surface area contributed by atoms with Gasteiger partial charge in [-0.2, -0.15) is 5.10 Å². The molecule has 3 aromatic heterocycles. The third kappa shape index (κ3) is 4.96. The number of carbonyl (C=O) groups is 1. The number of halogens is 1. The molecule has 1 saturated heterocycles. The number of allylic oxidation sites excluding steroid dienone is 1. The quantitative estimate of drug-likeness (QED) is 0.451. The van der Waals surface area contributed by atoms with Gasteiger partial charge in [0.05, 0.1) is 49.6 Å². The van der Waals surface area contributed by atoms with E-state index >= 15 is 4.39 Å². The number of aliphatic hydroxyl groups is 1. The van der Waals surface area contributed by atoms with Crippen LogP contribution in [0.5, 0.6) is 0 Å². The van der Waals surface area contributed by atoms with Crippen LogP contribution < -0.4 is 4.90 Å². The standard InChI is InChI=1S/C26H30FN7O4/c1-32-14-16(12-29-32)20-13-28-19-5-6-23(31-26(19)30-20)34(15-17-4-7-24(36)33(17)8-9-35)21-10-18(37-2)11-22(38-3)25(21)27/h5-6,10,12-14,17-18,35H,4,7-9,11,15H2,1-3H3. The summed E-state index contributed by atoms with van der Waals surface area (Å²) in [7, 11) is 4.81. The first-order valence-corrected chi connectivity index (χ1v) is 12.4. The number of aromatic nitrogens is 5. The number of nitrogens with zero attached hydrogens (tertiary/aromatic N) is 7. The fraction of sp³-hybridized carbons (Fsp3) is 0.423. The number of hydrogen-bond acceptors (Lipinski definition) is 9. The molecule has 11 nitrogen and oxygen atoms in total. The third-order valence-electron chi connectivity index (χ3n) is 6.90. The molecule has 12 heteroatoms. The van der Waals surface area contributed by atoms with Crippen molar-refractivity contribution in [1.29, 1.82) is 0 Å². The number of ether oxygens (including phenoxy) is 2. The minimum absolute atomic E-state index is 0.0385. The second-order valence-corrected chi connectivity index (χ2v) is 9.26. The van der Waals surface area contributed by atoms with Crippen LogP contribution in [0.15, 0.2) is 54.1 Å². The number of β-amino-alcohol motifs (C(OH)–C–C–N with tert-alkyl or cyclic N) is 1. The summed E-state index contributed by atoms with van der Waals surface area (Å²) in [6.45, 7) is 0.316. The minimum Gasteiger partial charge on any atom is -0.498 e. The molecule has 2 unspecified atom stereocenters. The molecule has 0 radical (unpaired) electrons. The summed E-state index contributed by atoms with van der Waals surface area (Å²) < 4.78 is 28.3. The monoisotopic (exact) mass is 523 g/mol. The van der Waals surface area contributed by atoms with Gasteiger partial charge in [0.25, 0.3) is 0 Å². The minimum atomic E-state index is -0.518. The molecule has 1 fully saturated rings. The second kappa shape index (κ2) is 10.8. The molecule has 1 aliphatic carbocycles. The highest BCUT2D eigenvalue weighted by Crippen LogP contribution is 2.35. The topological polar surface area (TPSA) is 119 Å². The second-order valence-electron chi connectivity index (χ2n) is 9.26. The summed E-state index contributed by atoms with van der Waals surface area (Å²) in [6, 6.07) is 3.29. The van der Waals surface area contributed by atoms with Crippen LogP contribution in [0, 0.1) is 0 Å². The van der Waals surface area contributed by atoms with Crippen LogP contribution in [0.1, 0.15) is 19.3 Å². The van der Waals surface area contributed by atoms with Crippen LogP contribution in [-0.4, -0.2) is 86.7 Å². The van der Waals surface area contributed by atoms with Crippen molar-refractivity contribution in [3.8, 4) is 11.3 Å². The lowest BCUT2D eigenvalue weighted by atomic mass is 10.0. The molecule has 1 N–H and O–H groups in total. The number of hydrogen-bond donors (Lipinski definition) is 1. The predicted molar refractivity (Wildman–Crippen MR) is 137 cm³/mol. The molecule has 3 aromatic rings. The van der Waals surface area contributed by atoms with E-state index < -0.39 is 11.9 Å². The summed E-state index contributed by atoms with van der Waals surface area (Å²) >= 11 is 0. The molecule has 2 atom stereocenters. The maximum Gasteiger partial charge on any atom is 0.223 e. The molecular formula is C26H30FN7O4. The molecule has 0 bridgehead atoms. The Labute approximate surface area is 219 Å². The maximum absolute atomic E-state index is 15.8. The first-order valence-electron chi connectivity index (χ1n) is 12.4. The van der Waals surface area contributed by atoms with Crippen LogP contribution in [0.3, 0.4) is 0 Å². The highest BCUT2D eigenvalue weighted by molar-refractivity contribution is 5.79. The maximum atomic E-state index is 15.8. The number of pyridine rings is 1. The lowest BCUT2D eigenvalue weighted by Gasteiger charge is -2.34. The van der Waals surface area contributed by atoms with Crippen molar-refractivity contribution < 1.29 is 23.8 Å². The Morgan fingerprint density at radius 2 is 2.08 bits per heavy atom. The van der Waals surface area contributed by atoms with E-state index in [4.69, 9.17) is 19.4 Å². The average molecular weight is 524 g/mol. The van der Waals surface area contributed by atoms with Gasteiger partial charge in [-0.15, -0.1) is 0 Å². The third-order valence-corrected chi connectivity index (χ3v) is 6.90. The van der Waals surface area contributed by atoms with Crippen molar-refractivity contribution in [1.82, 2.24) is 29.6 Å². The van der Waals surface area contributed by atoms with Crippen LogP contribution in [0.2, 0.25) is 0 Å². The number of rotatable bonds is 9. The van der Waals surface area contributed by atoms with Gasteiger partial charge in [-0.1, -0.05) is 0 Å². The van der Waals surface area contributed by atoms with Crippen molar-refractivity contribution >= 4 is 22.9 Å². The first-order chi connectivity index (χ1) is 18.4. The molecule has 200 valence electrons. The number of fused-ring (bicyclic) bond motifs is 1. The fourth-order valence-electron chi connectivity index (χ4n) is 4.91. The van der Waals surface area contributed by atoms with Gasteiger partial charge >= 0.3 is 0 Å². The van der Waals surface area contributed by atoms with Gasteiger partial charge in [-0.3, -0.25) is 14.5 Å². The van der Waals surface area contributed by atoms with E-state index in [9.17, 15) is 9.90 Å². The zero-order chi connectivity index (χ0) is 26.8. The summed E-state index contributed by atoms with van der Waals surface area (Å²) in [6.07, 6.45) is 7.70. The van der Waals surface area contributed by atoms with Crippen LogP contribution in [0.4, 0.5) is 10.2 Å². The van der Waals surface area contributed by atoms with Crippen LogP contribution >= 0.6 is 0 Å². The van der Waals surface area contributed by atoms with Gasteiger partial charge in [0, 0.05) is 51.8 Å². The zero-order valence-corrected chi connectivity index (χ0v) is 21.5. The predicted octanol–water partition coefficient (Wildman–Crippen LogP) is 2.35. The number of likely N-dealkylation sites (tertiary alicyclic amines) is 1. The van der Waals surface area contributed by atoms with E-state index in [1.807, 2.05) is 13.2 Å². The highest BCUT2D eigenvalue weighted by Gasteiger charge is 2.35. The normalized spacial score (nSPS) is 19.9. The number of aliphatic hydroxyl groups excluding tert-OH is 1. The largest absolute Gasteiger partial charge is 0.498 e. The van der Waals surface area contributed by atoms with Crippen molar-refractivity contribution in [3.63, 3.8) is 0 Å². The average Bonchev–Trinajstić information content (AvgIpc) is 3.52. The zero-order valence-electron chi connectivity index (χ0n) is 21.5. The molecule has 4 heterocycles. The molecular weight excluding hydrogens is 493 g/mol.